The first kappa shape index (κ1) is 29.1. The molecule has 2 nitrogen and oxygen atoms in total. The van der Waals surface area contributed by atoms with Crippen LogP contribution in [0.1, 0.15) is 0 Å². The first-order valence-corrected chi connectivity index (χ1v) is 13.5. The number of hydrogen-bond donors (Lipinski definition) is 0. The summed E-state index contributed by atoms with van der Waals surface area (Å²) in [4.78, 5) is 4.12. The predicted molar refractivity (Wildman–Crippen MR) is 167 cm³/mol. The van der Waals surface area contributed by atoms with Gasteiger partial charge in [0.15, 0.2) is 0 Å². The van der Waals surface area contributed by atoms with E-state index in [1.165, 1.54) is 18.2 Å². The van der Waals surface area contributed by atoms with Gasteiger partial charge in [-0.25, -0.2) is 4.39 Å². The normalized spacial score (nSPS) is 12.2. The standard InChI is InChI=1S/C32H24Br2ClFN2/c1-3-12-25(35)14-11-22-37(27-15-7-5-8-16-27)31(29(33)13-4-2)21-23-38(28-17-9-6-10-18-28)32-24-26(36)19-20-30(32)34/h1-2,5-21,24H,22-23H2/b14-11-,25-12+,29-13+,31-21+. The molecule has 3 rings (SSSR count). The molecule has 38 heavy (non-hydrogen) atoms. The third kappa shape index (κ3) is 8.27. The van der Waals surface area contributed by atoms with Crippen molar-refractivity contribution < 1.29 is 4.39 Å². The van der Waals surface area contributed by atoms with Gasteiger partial charge in [-0.15, -0.1) is 12.8 Å². The van der Waals surface area contributed by atoms with Gasteiger partial charge in [-0.1, -0.05) is 65.9 Å². The lowest BCUT2D eigenvalue weighted by molar-refractivity contribution is 0.627. The van der Waals surface area contributed by atoms with Crippen molar-refractivity contribution in [1.29, 1.82) is 0 Å². The highest BCUT2D eigenvalue weighted by Crippen LogP contribution is 2.34. The van der Waals surface area contributed by atoms with Crippen LogP contribution in [0.25, 0.3) is 0 Å². The van der Waals surface area contributed by atoms with Gasteiger partial charge in [0.25, 0.3) is 0 Å². The van der Waals surface area contributed by atoms with E-state index in [1.54, 1.807) is 18.2 Å². The largest absolute Gasteiger partial charge is 0.337 e. The smallest absolute Gasteiger partial charge is 0.125 e. The Morgan fingerprint density at radius 2 is 1.53 bits per heavy atom. The van der Waals surface area contributed by atoms with E-state index < -0.39 is 0 Å². The van der Waals surface area contributed by atoms with Crippen LogP contribution in [-0.2, 0) is 0 Å². The molecule has 0 aliphatic rings. The van der Waals surface area contributed by atoms with Crippen molar-refractivity contribution >= 4 is 60.5 Å². The van der Waals surface area contributed by atoms with Crippen LogP contribution in [0, 0.1) is 30.5 Å². The zero-order valence-corrected chi connectivity index (χ0v) is 24.3. The maximum absolute atomic E-state index is 14.3. The van der Waals surface area contributed by atoms with E-state index in [4.69, 9.17) is 24.4 Å². The molecule has 0 aliphatic carbocycles. The van der Waals surface area contributed by atoms with E-state index in [1.807, 2.05) is 77.7 Å². The Bertz CT molecular complexity index is 1430. The van der Waals surface area contributed by atoms with E-state index in [2.05, 4.69) is 48.6 Å². The molecule has 0 spiro atoms. The van der Waals surface area contributed by atoms with Crippen molar-refractivity contribution in [1.82, 2.24) is 0 Å². The van der Waals surface area contributed by atoms with Crippen LogP contribution in [0.2, 0.25) is 0 Å². The number of hydrogen-bond acceptors (Lipinski definition) is 2. The fraction of sp³-hybridized carbons (Fsp3) is 0.0625. The molecular weight excluding hydrogens is 627 g/mol. The molecule has 190 valence electrons. The van der Waals surface area contributed by atoms with Gasteiger partial charge in [0.05, 0.1) is 11.4 Å². The lowest BCUT2D eigenvalue weighted by Crippen LogP contribution is -2.25. The van der Waals surface area contributed by atoms with Gasteiger partial charge >= 0.3 is 0 Å². The summed E-state index contributed by atoms with van der Waals surface area (Å²) in [6.07, 6.45) is 19.8. The van der Waals surface area contributed by atoms with E-state index in [9.17, 15) is 4.39 Å². The molecule has 0 aliphatic heterocycles. The lowest BCUT2D eigenvalue weighted by atomic mass is 10.2. The van der Waals surface area contributed by atoms with Crippen molar-refractivity contribution in [2.24, 2.45) is 0 Å². The molecule has 0 saturated heterocycles. The van der Waals surface area contributed by atoms with Crippen LogP contribution in [0.3, 0.4) is 0 Å². The van der Waals surface area contributed by atoms with Crippen molar-refractivity contribution in [2.75, 3.05) is 22.9 Å². The highest BCUT2D eigenvalue weighted by molar-refractivity contribution is 9.12. The zero-order valence-electron chi connectivity index (χ0n) is 20.4. The molecule has 0 fully saturated rings. The zero-order chi connectivity index (χ0) is 27.3. The summed E-state index contributed by atoms with van der Waals surface area (Å²) in [5.41, 5.74) is 3.37. The van der Waals surface area contributed by atoms with Crippen LogP contribution in [-0.4, -0.2) is 13.1 Å². The Labute approximate surface area is 246 Å². The maximum Gasteiger partial charge on any atom is 0.125 e. The summed E-state index contributed by atoms with van der Waals surface area (Å²) >= 11 is 13.4. The molecule has 0 amide bonds. The Hall–Kier alpha value is -3.48. The number of para-hydroxylation sites is 2. The summed E-state index contributed by atoms with van der Waals surface area (Å²) in [5.74, 6) is 4.69. The monoisotopic (exact) mass is 648 g/mol. The third-order valence-corrected chi connectivity index (χ3v) is 6.87. The van der Waals surface area contributed by atoms with Gasteiger partial charge in [-0.2, -0.15) is 0 Å². The summed E-state index contributed by atoms with van der Waals surface area (Å²) < 4.78 is 15.8. The Morgan fingerprint density at radius 1 is 0.895 bits per heavy atom. The average molecular weight is 651 g/mol. The van der Waals surface area contributed by atoms with Crippen LogP contribution in [0.15, 0.2) is 129 Å². The summed E-state index contributed by atoms with van der Waals surface area (Å²) in [7, 11) is 0. The molecule has 3 aromatic carbocycles. The molecule has 0 N–H and O–H groups in total. The van der Waals surface area contributed by atoms with Gasteiger partial charge in [0.1, 0.15) is 5.82 Å². The number of anilines is 3. The number of halogens is 4. The Morgan fingerprint density at radius 3 is 2.16 bits per heavy atom. The molecule has 0 heterocycles. The fourth-order valence-corrected chi connectivity index (χ4v) is 4.77. The van der Waals surface area contributed by atoms with E-state index in [-0.39, 0.29) is 5.82 Å². The summed E-state index contributed by atoms with van der Waals surface area (Å²) in [5, 5.41) is 0.454. The van der Waals surface area contributed by atoms with Crippen molar-refractivity contribution in [3.8, 4) is 24.7 Å². The molecule has 0 atom stereocenters. The van der Waals surface area contributed by atoms with Gasteiger partial charge < -0.3 is 9.80 Å². The molecule has 6 heteroatoms. The third-order valence-electron chi connectivity index (χ3n) is 5.33. The minimum absolute atomic E-state index is 0.324. The second-order valence-corrected chi connectivity index (χ2v) is 9.98. The van der Waals surface area contributed by atoms with Crippen molar-refractivity contribution in [2.45, 2.75) is 0 Å². The van der Waals surface area contributed by atoms with Gasteiger partial charge in [0, 0.05) is 50.6 Å². The molecule has 3 aromatic rings. The van der Waals surface area contributed by atoms with Gasteiger partial charge in [-0.05, 0) is 86.5 Å². The average Bonchev–Trinajstić information content (AvgIpc) is 2.92. The van der Waals surface area contributed by atoms with Crippen LogP contribution in [0.4, 0.5) is 21.5 Å². The first-order valence-electron chi connectivity index (χ1n) is 11.6. The summed E-state index contributed by atoms with van der Waals surface area (Å²) in [6.45, 7) is 0.896. The highest BCUT2D eigenvalue weighted by atomic mass is 79.9. The van der Waals surface area contributed by atoms with Crippen LogP contribution >= 0.6 is 43.5 Å². The second-order valence-electron chi connectivity index (χ2n) is 7.83. The molecule has 0 radical (unpaired) electrons. The van der Waals surface area contributed by atoms with Crippen LogP contribution in [0.5, 0.6) is 0 Å². The van der Waals surface area contributed by atoms with E-state index in [0.29, 0.717) is 28.3 Å². The maximum atomic E-state index is 14.3. The van der Waals surface area contributed by atoms with Crippen molar-refractivity contribution in [3.63, 3.8) is 0 Å². The topological polar surface area (TPSA) is 6.48 Å². The quantitative estimate of drug-likeness (QED) is 0.159. The highest BCUT2D eigenvalue weighted by Gasteiger charge is 2.17. The minimum atomic E-state index is -0.324. The molecule has 0 unspecified atom stereocenters. The molecular formula is C32H24Br2ClFN2. The fourth-order valence-electron chi connectivity index (χ4n) is 3.65. The molecule has 0 aromatic heterocycles. The SMILES string of the molecule is C#C/C=C(Cl)\C=C/CN(C(=C/CN(c1ccccc1)c1cc(F)ccc1Br)/C(Br)=C\C#C)c1ccccc1. The Balaban J connectivity index is 2.11. The van der Waals surface area contributed by atoms with Crippen molar-refractivity contribution in [3.05, 3.63) is 135 Å². The predicted octanol–water partition coefficient (Wildman–Crippen LogP) is 9.34. The number of nitrogens with zero attached hydrogens (tertiary/aromatic N) is 2. The van der Waals surface area contributed by atoms with Gasteiger partial charge in [0.2, 0.25) is 0 Å². The first-order chi connectivity index (χ1) is 18.4. The Kier molecular flexibility index (Phi) is 11.5. The van der Waals surface area contributed by atoms with Gasteiger partial charge in [-0.3, -0.25) is 0 Å². The van der Waals surface area contributed by atoms with E-state index in [0.717, 1.165) is 21.5 Å². The van der Waals surface area contributed by atoms with Crippen LogP contribution < -0.4 is 9.80 Å². The number of rotatable bonds is 10. The van der Waals surface area contributed by atoms with E-state index >= 15 is 0 Å². The lowest BCUT2D eigenvalue weighted by Gasteiger charge is -2.29. The summed E-state index contributed by atoms with van der Waals surface area (Å²) in [6, 6.07) is 24.3. The molecule has 0 saturated carbocycles. The molecule has 0 bridgehead atoms. The minimum Gasteiger partial charge on any atom is -0.337 e. The number of allylic oxidation sites excluding steroid dienone is 5. The second kappa shape index (κ2) is 15.1. The number of terminal acetylenes is 2. The number of benzene rings is 3.